The van der Waals surface area contributed by atoms with E-state index in [2.05, 4.69) is 5.32 Å². The molecule has 0 aliphatic carbocycles. The quantitative estimate of drug-likeness (QED) is 0.639. The van der Waals surface area contributed by atoms with E-state index in [0.717, 1.165) is 19.4 Å². The predicted octanol–water partition coefficient (Wildman–Crippen LogP) is 0.503. The maximum absolute atomic E-state index is 12.1. The Morgan fingerprint density at radius 3 is 2.31 bits per heavy atom. The van der Waals surface area contributed by atoms with Crippen molar-refractivity contribution in [2.24, 2.45) is 0 Å². The topological polar surface area (TPSA) is 52.7 Å². The first kappa shape index (κ1) is 15.8. The molecule has 0 spiro atoms. The highest BCUT2D eigenvalue weighted by molar-refractivity contribution is 7.86. The van der Waals surface area contributed by atoms with Crippen LogP contribution in [0, 0.1) is 0 Å². The largest absolute Gasteiger partial charge is 0.320 e. The maximum atomic E-state index is 12.1. The lowest BCUT2D eigenvalue weighted by Gasteiger charge is -2.28. The lowest BCUT2D eigenvalue weighted by atomic mass is 10.3. The van der Waals surface area contributed by atoms with Gasteiger partial charge in [0.1, 0.15) is 0 Å². The van der Waals surface area contributed by atoms with E-state index in [1.807, 2.05) is 20.9 Å². The molecule has 0 saturated carbocycles. The van der Waals surface area contributed by atoms with E-state index in [0.29, 0.717) is 6.54 Å². The van der Waals surface area contributed by atoms with E-state index < -0.39 is 10.2 Å². The fourth-order valence-corrected chi connectivity index (χ4v) is 2.70. The molecule has 98 valence electrons. The van der Waals surface area contributed by atoms with Crippen molar-refractivity contribution in [3.63, 3.8) is 0 Å². The van der Waals surface area contributed by atoms with Gasteiger partial charge in [0, 0.05) is 26.7 Å². The van der Waals surface area contributed by atoms with Gasteiger partial charge in [0.15, 0.2) is 0 Å². The number of hydrogen-bond donors (Lipinski definition) is 1. The van der Waals surface area contributed by atoms with Gasteiger partial charge in [-0.15, -0.1) is 0 Å². The summed E-state index contributed by atoms with van der Waals surface area (Å²) in [5.41, 5.74) is 0. The van der Waals surface area contributed by atoms with E-state index in [1.165, 1.54) is 8.61 Å². The molecule has 1 unspecified atom stereocenters. The van der Waals surface area contributed by atoms with Crippen LogP contribution in [0.5, 0.6) is 0 Å². The Kier molecular flexibility index (Phi) is 7.14. The lowest BCUT2D eigenvalue weighted by Crippen LogP contribution is -2.44. The first-order valence-electron chi connectivity index (χ1n) is 5.71. The molecule has 0 fully saturated rings. The van der Waals surface area contributed by atoms with Gasteiger partial charge in [-0.05, 0) is 33.4 Å². The normalized spacial score (nSPS) is 14.7. The molecule has 0 aliphatic rings. The third-order valence-corrected chi connectivity index (χ3v) is 4.93. The molecule has 0 saturated heterocycles. The molecule has 0 aromatic heterocycles. The van der Waals surface area contributed by atoms with Crippen molar-refractivity contribution in [2.45, 2.75) is 32.7 Å². The van der Waals surface area contributed by atoms with Crippen molar-refractivity contribution in [1.82, 2.24) is 13.9 Å². The minimum Gasteiger partial charge on any atom is -0.320 e. The van der Waals surface area contributed by atoms with Crippen molar-refractivity contribution in [1.29, 1.82) is 0 Å². The fourth-order valence-electron chi connectivity index (χ4n) is 1.30. The zero-order valence-electron chi connectivity index (χ0n) is 11.0. The molecular weight excluding hydrogens is 226 g/mol. The zero-order chi connectivity index (χ0) is 12.8. The molecule has 0 heterocycles. The molecular formula is C10H25N3O2S. The summed E-state index contributed by atoms with van der Waals surface area (Å²) in [5, 5.41) is 3.00. The summed E-state index contributed by atoms with van der Waals surface area (Å²) >= 11 is 0. The lowest BCUT2D eigenvalue weighted by molar-refractivity contribution is 0.337. The molecule has 6 heteroatoms. The second-order valence-corrected chi connectivity index (χ2v) is 6.15. The Balaban J connectivity index is 4.41. The van der Waals surface area contributed by atoms with Crippen molar-refractivity contribution >= 4 is 10.2 Å². The Bertz CT molecular complexity index is 280. The Hall–Kier alpha value is -0.170. The summed E-state index contributed by atoms with van der Waals surface area (Å²) in [6.45, 7) is 5.27. The third kappa shape index (κ3) is 4.37. The Morgan fingerprint density at radius 2 is 1.88 bits per heavy atom. The first-order valence-corrected chi connectivity index (χ1v) is 7.11. The van der Waals surface area contributed by atoms with Gasteiger partial charge in [-0.1, -0.05) is 6.92 Å². The average Bonchev–Trinajstić information content (AvgIpc) is 2.26. The molecule has 0 bridgehead atoms. The summed E-state index contributed by atoms with van der Waals surface area (Å²) < 4.78 is 27.0. The van der Waals surface area contributed by atoms with Crippen LogP contribution in [0.25, 0.3) is 0 Å². The van der Waals surface area contributed by atoms with E-state index in [4.69, 9.17) is 0 Å². The molecule has 0 radical (unpaired) electrons. The average molecular weight is 251 g/mol. The number of nitrogens with zero attached hydrogens (tertiary/aromatic N) is 2. The van der Waals surface area contributed by atoms with Crippen LogP contribution in [0.15, 0.2) is 0 Å². The second-order valence-electron chi connectivity index (χ2n) is 4.06. The Morgan fingerprint density at radius 1 is 1.31 bits per heavy atom. The molecule has 0 aromatic carbocycles. The van der Waals surface area contributed by atoms with Gasteiger partial charge in [-0.25, -0.2) is 0 Å². The number of hydrogen-bond acceptors (Lipinski definition) is 3. The van der Waals surface area contributed by atoms with Crippen LogP contribution in [0.1, 0.15) is 26.7 Å². The highest BCUT2D eigenvalue weighted by atomic mass is 32.2. The molecule has 0 aliphatic heterocycles. The summed E-state index contributed by atoms with van der Waals surface area (Å²) in [6, 6.07) is 0.0387. The maximum Gasteiger partial charge on any atom is 0.281 e. The monoisotopic (exact) mass is 251 g/mol. The SMILES string of the molecule is CCC(C)N(C)S(=O)(=O)N(C)CCCNC. The molecule has 1 atom stereocenters. The van der Waals surface area contributed by atoms with Gasteiger partial charge in [-0.2, -0.15) is 17.0 Å². The first-order chi connectivity index (χ1) is 7.37. The highest BCUT2D eigenvalue weighted by Gasteiger charge is 2.26. The minimum atomic E-state index is -3.29. The van der Waals surface area contributed by atoms with Gasteiger partial charge < -0.3 is 5.32 Å². The smallest absolute Gasteiger partial charge is 0.281 e. The van der Waals surface area contributed by atoms with Gasteiger partial charge >= 0.3 is 0 Å². The summed E-state index contributed by atoms with van der Waals surface area (Å²) in [7, 11) is 1.83. The van der Waals surface area contributed by atoms with Crippen LogP contribution in [0.4, 0.5) is 0 Å². The summed E-state index contributed by atoms with van der Waals surface area (Å²) in [6.07, 6.45) is 1.64. The van der Waals surface area contributed by atoms with Crippen LogP contribution in [0.2, 0.25) is 0 Å². The molecule has 5 nitrogen and oxygen atoms in total. The molecule has 1 N–H and O–H groups in total. The van der Waals surface area contributed by atoms with Crippen LogP contribution in [-0.4, -0.2) is 57.3 Å². The molecule has 0 rings (SSSR count). The van der Waals surface area contributed by atoms with E-state index in [1.54, 1.807) is 14.1 Å². The van der Waals surface area contributed by atoms with E-state index in [9.17, 15) is 8.42 Å². The van der Waals surface area contributed by atoms with Crippen molar-refractivity contribution in [2.75, 3.05) is 34.2 Å². The Labute approximate surface area is 100.0 Å². The zero-order valence-corrected chi connectivity index (χ0v) is 11.8. The molecule has 16 heavy (non-hydrogen) atoms. The minimum absolute atomic E-state index is 0.0387. The van der Waals surface area contributed by atoms with Crippen LogP contribution >= 0.6 is 0 Å². The second kappa shape index (κ2) is 7.21. The van der Waals surface area contributed by atoms with Gasteiger partial charge in [0.25, 0.3) is 10.2 Å². The van der Waals surface area contributed by atoms with Crippen molar-refractivity contribution in [3.8, 4) is 0 Å². The predicted molar refractivity (Wildman–Crippen MR) is 67.6 cm³/mol. The van der Waals surface area contributed by atoms with Crippen LogP contribution in [0.3, 0.4) is 0 Å². The standard InChI is InChI=1S/C10H25N3O2S/c1-6-10(2)13(5)16(14,15)12(4)9-7-8-11-3/h10-11H,6-9H2,1-5H3. The fraction of sp³-hybridized carbons (Fsp3) is 1.00. The summed E-state index contributed by atoms with van der Waals surface area (Å²) in [5.74, 6) is 0. The molecule has 0 aromatic rings. The van der Waals surface area contributed by atoms with Crippen LogP contribution < -0.4 is 5.32 Å². The van der Waals surface area contributed by atoms with Gasteiger partial charge in [0.2, 0.25) is 0 Å². The van der Waals surface area contributed by atoms with Gasteiger partial charge in [-0.3, -0.25) is 0 Å². The van der Waals surface area contributed by atoms with Crippen molar-refractivity contribution in [3.05, 3.63) is 0 Å². The van der Waals surface area contributed by atoms with Crippen LogP contribution in [-0.2, 0) is 10.2 Å². The third-order valence-electron chi connectivity index (χ3n) is 2.87. The highest BCUT2D eigenvalue weighted by Crippen LogP contribution is 2.10. The summed E-state index contributed by atoms with van der Waals surface area (Å²) in [4.78, 5) is 0. The number of nitrogens with one attached hydrogen (secondary N) is 1. The van der Waals surface area contributed by atoms with Gasteiger partial charge in [0.05, 0.1) is 0 Å². The van der Waals surface area contributed by atoms with E-state index >= 15 is 0 Å². The van der Waals surface area contributed by atoms with E-state index in [-0.39, 0.29) is 6.04 Å². The number of rotatable bonds is 8. The molecule has 0 amide bonds. The van der Waals surface area contributed by atoms with Crippen molar-refractivity contribution < 1.29 is 8.42 Å².